The van der Waals surface area contributed by atoms with Gasteiger partial charge in [-0.1, -0.05) is 42.5 Å². The van der Waals surface area contributed by atoms with Gasteiger partial charge in [-0.25, -0.2) is 4.98 Å². The topological polar surface area (TPSA) is 38.2 Å². The molecule has 2 heterocycles. The standard InChI is InChI=1S/C19H19N3OS/c1-23-13-11-18-20-19(24-21-18)22-12-10-16-15(8-5-9-17(16)22)14-6-3-2-4-7-14/h2-9H,10-13H2,1H3. The summed E-state index contributed by atoms with van der Waals surface area (Å²) < 4.78 is 9.57. The minimum Gasteiger partial charge on any atom is -0.384 e. The van der Waals surface area contributed by atoms with Gasteiger partial charge in [0.15, 0.2) is 0 Å². The molecule has 0 unspecified atom stereocenters. The summed E-state index contributed by atoms with van der Waals surface area (Å²) >= 11 is 1.47. The lowest BCUT2D eigenvalue weighted by Gasteiger charge is -2.16. The molecule has 24 heavy (non-hydrogen) atoms. The molecule has 1 aromatic heterocycles. The Morgan fingerprint density at radius 3 is 2.83 bits per heavy atom. The van der Waals surface area contributed by atoms with E-state index in [0.29, 0.717) is 6.61 Å². The zero-order valence-corrected chi connectivity index (χ0v) is 14.4. The molecule has 5 heteroatoms. The normalized spacial score (nSPS) is 13.3. The van der Waals surface area contributed by atoms with Crippen LogP contribution in [0.15, 0.2) is 48.5 Å². The second kappa shape index (κ2) is 6.71. The predicted octanol–water partition coefficient (Wildman–Crippen LogP) is 4.09. The van der Waals surface area contributed by atoms with E-state index in [1.54, 1.807) is 7.11 Å². The van der Waals surface area contributed by atoms with Crippen LogP contribution in [0.25, 0.3) is 11.1 Å². The third-order valence-electron chi connectivity index (χ3n) is 4.33. The molecule has 4 rings (SSSR count). The molecule has 0 radical (unpaired) electrons. The molecular weight excluding hydrogens is 318 g/mol. The van der Waals surface area contributed by atoms with Gasteiger partial charge in [0.25, 0.3) is 0 Å². The van der Waals surface area contributed by atoms with Crippen LogP contribution in [0.1, 0.15) is 11.4 Å². The molecule has 0 saturated carbocycles. The number of benzene rings is 2. The Morgan fingerprint density at radius 1 is 1.12 bits per heavy atom. The van der Waals surface area contributed by atoms with Gasteiger partial charge < -0.3 is 9.64 Å². The highest BCUT2D eigenvalue weighted by molar-refractivity contribution is 7.09. The Morgan fingerprint density at radius 2 is 2.00 bits per heavy atom. The largest absolute Gasteiger partial charge is 0.384 e. The number of hydrogen-bond acceptors (Lipinski definition) is 5. The van der Waals surface area contributed by atoms with E-state index in [0.717, 1.165) is 30.3 Å². The van der Waals surface area contributed by atoms with E-state index >= 15 is 0 Å². The molecule has 0 bridgehead atoms. The number of methoxy groups -OCH3 is 1. The van der Waals surface area contributed by atoms with Crippen molar-refractivity contribution in [3.05, 3.63) is 59.9 Å². The first-order chi connectivity index (χ1) is 11.9. The van der Waals surface area contributed by atoms with E-state index in [1.165, 1.54) is 33.9 Å². The van der Waals surface area contributed by atoms with E-state index in [9.17, 15) is 0 Å². The van der Waals surface area contributed by atoms with Gasteiger partial charge in [0, 0.05) is 37.3 Å². The highest BCUT2D eigenvalue weighted by Gasteiger charge is 2.25. The summed E-state index contributed by atoms with van der Waals surface area (Å²) in [5.41, 5.74) is 5.25. The van der Waals surface area contributed by atoms with Crippen molar-refractivity contribution in [3.8, 4) is 11.1 Å². The van der Waals surface area contributed by atoms with Crippen LogP contribution in [-0.2, 0) is 17.6 Å². The summed E-state index contributed by atoms with van der Waals surface area (Å²) in [4.78, 5) is 6.97. The van der Waals surface area contributed by atoms with Crippen molar-refractivity contribution in [2.24, 2.45) is 0 Å². The van der Waals surface area contributed by atoms with Crippen LogP contribution in [0.3, 0.4) is 0 Å². The fourth-order valence-corrected chi connectivity index (χ4v) is 3.92. The van der Waals surface area contributed by atoms with Gasteiger partial charge >= 0.3 is 0 Å². The van der Waals surface area contributed by atoms with Crippen LogP contribution in [0.4, 0.5) is 10.8 Å². The summed E-state index contributed by atoms with van der Waals surface area (Å²) in [5.74, 6) is 0.865. The van der Waals surface area contributed by atoms with Crippen LogP contribution >= 0.6 is 11.5 Å². The SMILES string of the molecule is COCCc1nsc(N2CCc3c(-c4ccccc4)cccc32)n1. The Kier molecular flexibility index (Phi) is 4.28. The Hall–Kier alpha value is -2.24. The van der Waals surface area contributed by atoms with Crippen molar-refractivity contribution < 1.29 is 4.74 Å². The zero-order valence-electron chi connectivity index (χ0n) is 13.6. The molecule has 0 spiro atoms. The molecule has 0 N–H and O–H groups in total. The third-order valence-corrected chi connectivity index (χ3v) is 5.11. The molecule has 0 atom stereocenters. The van der Waals surface area contributed by atoms with Crippen LogP contribution < -0.4 is 4.90 Å². The highest BCUT2D eigenvalue weighted by atomic mass is 32.1. The fourth-order valence-electron chi connectivity index (χ4n) is 3.17. The van der Waals surface area contributed by atoms with Crippen molar-refractivity contribution in [2.75, 3.05) is 25.2 Å². The van der Waals surface area contributed by atoms with Crippen molar-refractivity contribution in [1.29, 1.82) is 0 Å². The maximum atomic E-state index is 5.11. The molecule has 1 aliphatic heterocycles. The van der Waals surface area contributed by atoms with Crippen LogP contribution in [0.5, 0.6) is 0 Å². The lowest BCUT2D eigenvalue weighted by molar-refractivity contribution is 0.201. The van der Waals surface area contributed by atoms with Gasteiger partial charge in [-0.3, -0.25) is 0 Å². The summed E-state index contributed by atoms with van der Waals surface area (Å²) in [5, 5.41) is 0.977. The van der Waals surface area contributed by atoms with E-state index < -0.39 is 0 Å². The smallest absolute Gasteiger partial charge is 0.209 e. The fraction of sp³-hybridized carbons (Fsp3) is 0.263. The summed E-state index contributed by atoms with van der Waals surface area (Å²) in [6, 6.07) is 17.1. The lowest BCUT2D eigenvalue weighted by Crippen LogP contribution is -2.13. The zero-order chi connectivity index (χ0) is 16.4. The van der Waals surface area contributed by atoms with Crippen molar-refractivity contribution in [2.45, 2.75) is 12.8 Å². The van der Waals surface area contributed by atoms with E-state index in [1.807, 2.05) is 0 Å². The molecule has 2 aromatic carbocycles. The van der Waals surface area contributed by atoms with Gasteiger partial charge in [0.05, 0.1) is 6.61 Å². The van der Waals surface area contributed by atoms with Gasteiger partial charge in [-0.2, -0.15) is 4.37 Å². The second-order valence-corrected chi connectivity index (χ2v) is 6.54. The quantitative estimate of drug-likeness (QED) is 0.703. The second-order valence-electron chi connectivity index (χ2n) is 5.81. The molecular formula is C19H19N3OS. The minimum absolute atomic E-state index is 0.658. The van der Waals surface area contributed by atoms with Crippen molar-refractivity contribution in [1.82, 2.24) is 9.36 Å². The maximum Gasteiger partial charge on any atom is 0.209 e. The number of ether oxygens (including phenoxy) is 1. The monoisotopic (exact) mass is 337 g/mol. The lowest BCUT2D eigenvalue weighted by atomic mass is 9.98. The number of anilines is 2. The van der Waals surface area contributed by atoms with Crippen LogP contribution in [0.2, 0.25) is 0 Å². The van der Waals surface area contributed by atoms with E-state index in [4.69, 9.17) is 4.74 Å². The van der Waals surface area contributed by atoms with E-state index in [2.05, 4.69) is 62.8 Å². The molecule has 0 aliphatic carbocycles. The molecule has 4 nitrogen and oxygen atoms in total. The molecule has 0 saturated heterocycles. The Labute approximate surface area is 145 Å². The first-order valence-corrected chi connectivity index (χ1v) is 8.90. The van der Waals surface area contributed by atoms with E-state index in [-0.39, 0.29) is 0 Å². The third kappa shape index (κ3) is 2.81. The maximum absolute atomic E-state index is 5.11. The van der Waals surface area contributed by atoms with Crippen molar-refractivity contribution in [3.63, 3.8) is 0 Å². The predicted molar refractivity (Wildman–Crippen MR) is 98.1 cm³/mol. The van der Waals surface area contributed by atoms with Gasteiger partial charge in [-0.05, 0) is 29.2 Å². The number of fused-ring (bicyclic) bond motifs is 1. The molecule has 1 aliphatic rings. The average Bonchev–Trinajstić information content (AvgIpc) is 3.27. The number of hydrogen-bond donors (Lipinski definition) is 0. The van der Waals surface area contributed by atoms with Gasteiger partial charge in [-0.15, -0.1) is 0 Å². The minimum atomic E-state index is 0.658. The van der Waals surface area contributed by atoms with Gasteiger partial charge in [0.1, 0.15) is 5.82 Å². The summed E-state index contributed by atoms with van der Waals surface area (Å²) in [6.45, 7) is 1.61. The highest BCUT2D eigenvalue weighted by Crippen LogP contribution is 2.40. The molecule has 122 valence electrons. The Bertz CT molecular complexity index is 832. The molecule has 3 aromatic rings. The number of aromatic nitrogens is 2. The van der Waals surface area contributed by atoms with Crippen LogP contribution in [0, 0.1) is 0 Å². The molecule has 0 amide bonds. The first kappa shape index (κ1) is 15.3. The average molecular weight is 337 g/mol. The first-order valence-electron chi connectivity index (χ1n) is 8.13. The van der Waals surface area contributed by atoms with Crippen LogP contribution in [-0.4, -0.2) is 29.6 Å². The van der Waals surface area contributed by atoms with Crippen molar-refractivity contribution >= 4 is 22.4 Å². The summed E-state index contributed by atoms with van der Waals surface area (Å²) in [7, 11) is 1.70. The summed E-state index contributed by atoms with van der Waals surface area (Å²) in [6.07, 6.45) is 1.80. The number of nitrogens with zero attached hydrogens (tertiary/aromatic N) is 3. The Balaban J connectivity index is 1.66. The number of rotatable bonds is 5. The van der Waals surface area contributed by atoms with Gasteiger partial charge in [0.2, 0.25) is 5.13 Å². The molecule has 0 fully saturated rings.